The normalized spacial score (nSPS) is 11.7. The minimum atomic E-state index is -4.64. The van der Waals surface area contributed by atoms with Gasteiger partial charge < -0.3 is 0 Å². The van der Waals surface area contributed by atoms with Gasteiger partial charge in [-0.3, -0.25) is 9.48 Å². The number of ketones is 1. The van der Waals surface area contributed by atoms with E-state index >= 15 is 0 Å². The van der Waals surface area contributed by atoms with Gasteiger partial charge in [-0.1, -0.05) is 6.07 Å². The maximum absolute atomic E-state index is 13.0. The Morgan fingerprint density at radius 2 is 2.05 bits per heavy atom. The summed E-state index contributed by atoms with van der Waals surface area (Å²) in [6.07, 6.45) is -2.01. The fourth-order valence-corrected chi connectivity index (χ4v) is 1.76. The van der Waals surface area contributed by atoms with E-state index in [9.17, 15) is 22.4 Å². The van der Waals surface area contributed by atoms with E-state index in [1.807, 2.05) is 0 Å². The van der Waals surface area contributed by atoms with Crippen LogP contribution >= 0.6 is 0 Å². The number of benzene rings is 1. The molecule has 20 heavy (non-hydrogen) atoms. The van der Waals surface area contributed by atoms with Gasteiger partial charge in [0.1, 0.15) is 5.82 Å². The van der Waals surface area contributed by atoms with Crippen LogP contribution in [-0.2, 0) is 12.7 Å². The number of hydrogen-bond donors (Lipinski definition) is 0. The highest BCUT2D eigenvalue weighted by Crippen LogP contribution is 2.32. The van der Waals surface area contributed by atoms with Gasteiger partial charge in [-0.2, -0.15) is 18.3 Å². The van der Waals surface area contributed by atoms with Crippen molar-refractivity contribution in [2.45, 2.75) is 19.6 Å². The van der Waals surface area contributed by atoms with E-state index in [4.69, 9.17) is 0 Å². The summed E-state index contributed by atoms with van der Waals surface area (Å²) in [5.41, 5.74) is -0.852. The second-order valence-electron chi connectivity index (χ2n) is 4.28. The van der Waals surface area contributed by atoms with Crippen molar-refractivity contribution in [1.82, 2.24) is 9.78 Å². The molecule has 0 aliphatic heterocycles. The number of Topliss-reactive ketones (excluding diaryl/α,β-unsaturated/α-hetero) is 1. The molecule has 0 bridgehead atoms. The van der Waals surface area contributed by atoms with Crippen LogP contribution < -0.4 is 0 Å². The summed E-state index contributed by atoms with van der Waals surface area (Å²) < 4.78 is 52.6. The third kappa shape index (κ3) is 3.04. The highest BCUT2D eigenvalue weighted by atomic mass is 19.4. The summed E-state index contributed by atoms with van der Waals surface area (Å²) >= 11 is 0. The summed E-state index contributed by atoms with van der Waals surface area (Å²) in [7, 11) is 0. The van der Waals surface area contributed by atoms with Gasteiger partial charge in [0.15, 0.2) is 5.78 Å². The molecule has 3 nitrogen and oxygen atoms in total. The Kier molecular flexibility index (Phi) is 3.61. The zero-order valence-corrected chi connectivity index (χ0v) is 10.4. The number of rotatable bonds is 3. The first-order valence-corrected chi connectivity index (χ1v) is 5.66. The minimum absolute atomic E-state index is 0.114. The molecule has 0 spiro atoms. The molecule has 0 saturated heterocycles. The van der Waals surface area contributed by atoms with Crippen LogP contribution in [0.15, 0.2) is 30.6 Å². The van der Waals surface area contributed by atoms with E-state index in [2.05, 4.69) is 5.10 Å². The van der Waals surface area contributed by atoms with Crippen LogP contribution in [0, 0.1) is 5.82 Å². The van der Waals surface area contributed by atoms with Gasteiger partial charge in [0.25, 0.3) is 0 Å². The molecule has 106 valence electrons. The van der Waals surface area contributed by atoms with Crippen molar-refractivity contribution in [2.24, 2.45) is 0 Å². The number of nitrogens with zero attached hydrogens (tertiary/aromatic N) is 2. The predicted molar refractivity (Wildman–Crippen MR) is 62.7 cm³/mol. The third-order valence-corrected chi connectivity index (χ3v) is 2.75. The lowest BCUT2D eigenvalue weighted by molar-refractivity contribution is -0.138. The summed E-state index contributed by atoms with van der Waals surface area (Å²) in [5, 5.41) is 3.81. The molecular weight excluding hydrogens is 276 g/mol. The van der Waals surface area contributed by atoms with Crippen molar-refractivity contribution >= 4 is 5.78 Å². The lowest BCUT2D eigenvalue weighted by atomic mass is 10.1. The minimum Gasteiger partial charge on any atom is -0.294 e. The van der Waals surface area contributed by atoms with E-state index < -0.39 is 17.6 Å². The standard InChI is InChI=1S/C13H10F4N2O/c1-8(20)10-5-18-19(7-10)6-9-2-3-11(14)4-12(9)13(15,16)17/h2-5,7H,6H2,1H3. The zero-order valence-electron chi connectivity index (χ0n) is 10.4. The molecule has 0 atom stereocenters. The second kappa shape index (κ2) is 5.07. The first kappa shape index (κ1) is 14.2. The van der Waals surface area contributed by atoms with Crippen LogP contribution in [0.4, 0.5) is 17.6 Å². The van der Waals surface area contributed by atoms with E-state index in [1.54, 1.807) is 0 Å². The molecular formula is C13H10F4N2O. The molecule has 0 aliphatic carbocycles. The smallest absolute Gasteiger partial charge is 0.294 e. The molecule has 0 saturated carbocycles. The molecule has 0 N–H and O–H groups in total. The Hall–Kier alpha value is -2.18. The van der Waals surface area contributed by atoms with Crippen molar-refractivity contribution in [3.63, 3.8) is 0 Å². The average molecular weight is 286 g/mol. The first-order valence-electron chi connectivity index (χ1n) is 5.66. The highest BCUT2D eigenvalue weighted by molar-refractivity contribution is 5.93. The number of alkyl halides is 3. The monoisotopic (exact) mass is 286 g/mol. The van der Waals surface area contributed by atoms with Crippen LogP contribution in [0.1, 0.15) is 28.4 Å². The first-order chi connectivity index (χ1) is 9.27. The summed E-state index contributed by atoms with van der Waals surface area (Å²) in [4.78, 5) is 11.1. The fourth-order valence-electron chi connectivity index (χ4n) is 1.76. The third-order valence-electron chi connectivity index (χ3n) is 2.75. The Morgan fingerprint density at radius 3 is 2.60 bits per heavy atom. The lowest BCUT2D eigenvalue weighted by Crippen LogP contribution is -2.12. The Morgan fingerprint density at radius 1 is 1.35 bits per heavy atom. The second-order valence-corrected chi connectivity index (χ2v) is 4.28. The van der Waals surface area contributed by atoms with Gasteiger partial charge in [0.2, 0.25) is 0 Å². The van der Waals surface area contributed by atoms with Crippen LogP contribution in [0.2, 0.25) is 0 Å². The summed E-state index contributed by atoms with van der Waals surface area (Å²) in [5.74, 6) is -1.18. The van der Waals surface area contributed by atoms with Gasteiger partial charge in [-0.05, 0) is 24.6 Å². The van der Waals surface area contributed by atoms with Gasteiger partial charge in [0.05, 0.1) is 23.9 Å². The molecule has 0 aliphatic rings. The molecule has 0 radical (unpaired) electrons. The topological polar surface area (TPSA) is 34.9 Å². The van der Waals surface area contributed by atoms with Crippen LogP contribution in [-0.4, -0.2) is 15.6 Å². The average Bonchev–Trinajstić information content (AvgIpc) is 2.79. The quantitative estimate of drug-likeness (QED) is 0.641. The summed E-state index contributed by atoms with van der Waals surface area (Å²) in [6, 6.07) is 2.47. The molecule has 2 rings (SSSR count). The van der Waals surface area contributed by atoms with E-state index in [0.29, 0.717) is 11.6 Å². The van der Waals surface area contributed by atoms with Crippen LogP contribution in [0.5, 0.6) is 0 Å². The highest BCUT2D eigenvalue weighted by Gasteiger charge is 2.33. The maximum Gasteiger partial charge on any atom is 0.416 e. The van der Waals surface area contributed by atoms with Crippen molar-refractivity contribution in [3.8, 4) is 0 Å². The van der Waals surface area contributed by atoms with Gasteiger partial charge in [0, 0.05) is 6.20 Å². The largest absolute Gasteiger partial charge is 0.416 e. The SMILES string of the molecule is CC(=O)c1cnn(Cc2ccc(F)cc2C(F)(F)F)c1. The van der Waals surface area contributed by atoms with E-state index in [-0.39, 0.29) is 17.9 Å². The maximum atomic E-state index is 13.0. The van der Waals surface area contributed by atoms with Crippen LogP contribution in [0.25, 0.3) is 0 Å². The van der Waals surface area contributed by atoms with Gasteiger partial charge >= 0.3 is 6.18 Å². The fraction of sp³-hybridized carbons (Fsp3) is 0.231. The Labute approximate surface area is 111 Å². The van der Waals surface area contributed by atoms with Crippen LogP contribution in [0.3, 0.4) is 0 Å². The molecule has 1 aromatic carbocycles. The molecule has 0 fully saturated rings. The predicted octanol–water partition coefficient (Wildman–Crippen LogP) is 3.29. The van der Waals surface area contributed by atoms with Crippen molar-refractivity contribution < 1.29 is 22.4 Å². The molecule has 0 unspecified atom stereocenters. The summed E-state index contributed by atoms with van der Waals surface area (Å²) in [6.45, 7) is 1.14. The van der Waals surface area contributed by atoms with Gasteiger partial charge in [-0.15, -0.1) is 0 Å². The number of hydrogen-bond acceptors (Lipinski definition) is 2. The number of aromatic nitrogens is 2. The number of carbonyl (C=O) groups is 1. The van der Waals surface area contributed by atoms with Crippen molar-refractivity contribution in [3.05, 3.63) is 53.1 Å². The van der Waals surface area contributed by atoms with E-state index in [0.717, 1.165) is 12.1 Å². The Bertz CT molecular complexity index is 646. The van der Waals surface area contributed by atoms with Crippen molar-refractivity contribution in [1.29, 1.82) is 0 Å². The molecule has 1 aromatic heterocycles. The zero-order chi connectivity index (χ0) is 14.9. The number of halogens is 4. The molecule has 0 amide bonds. The van der Waals surface area contributed by atoms with Crippen molar-refractivity contribution in [2.75, 3.05) is 0 Å². The van der Waals surface area contributed by atoms with Gasteiger partial charge in [-0.25, -0.2) is 4.39 Å². The lowest BCUT2D eigenvalue weighted by Gasteiger charge is -2.12. The molecule has 1 heterocycles. The Balaban J connectivity index is 2.35. The molecule has 2 aromatic rings. The van der Waals surface area contributed by atoms with E-state index in [1.165, 1.54) is 24.0 Å². The molecule has 7 heteroatoms. The number of carbonyl (C=O) groups excluding carboxylic acids is 1.